The monoisotopic (exact) mass is 290 g/mol. The Kier molecular flexibility index (Phi) is 4.71. The van der Waals surface area contributed by atoms with Crippen LogP contribution in [0.15, 0.2) is 42.5 Å². The minimum atomic E-state index is -0.428. The molecular formula is C15H15FN2O3. The summed E-state index contributed by atoms with van der Waals surface area (Å²) in [6.45, 7) is 2.70. The van der Waals surface area contributed by atoms with Crippen molar-refractivity contribution in [1.29, 1.82) is 0 Å². The fourth-order valence-corrected chi connectivity index (χ4v) is 1.86. The first kappa shape index (κ1) is 14.8. The van der Waals surface area contributed by atoms with E-state index < -0.39 is 4.92 Å². The minimum absolute atomic E-state index is 0.0300. The van der Waals surface area contributed by atoms with Crippen LogP contribution in [0.2, 0.25) is 0 Å². The summed E-state index contributed by atoms with van der Waals surface area (Å²) in [6.07, 6.45) is 0. The number of nitrogens with one attached hydrogen (secondary N) is 1. The fourth-order valence-electron chi connectivity index (χ4n) is 1.86. The SMILES string of the molecule is CCNc1cc(COc2ccc(F)cc2)ccc1[N+](=O)[O-]. The number of nitrogens with zero attached hydrogens (tertiary/aromatic N) is 1. The topological polar surface area (TPSA) is 64.4 Å². The van der Waals surface area contributed by atoms with Crippen LogP contribution < -0.4 is 10.1 Å². The number of rotatable bonds is 6. The predicted octanol–water partition coefficient (Wildman–Crippen LogP) is 3.74. The van der Waals surface area contributed by atoms with E-state index in [4.69, 9.17) is 4.74 Å². The van der Waals surface area contributed by atoms with Crippen molar-refractivity contribution in [3.05, 3.63) is 64.0 Å². The standard InChI is InChI=1S/C15H15FN2O3/c1-2-17-14-9-11(3-8-15(14)18(19)20)10-21-13-6-4-12(16)5-7-13/h3-9,17H,2,10H2,1H3. The van der Waals surface area contributed by atoms with Gasteiger partial charge in [0.05, 0.1) is 4.92 Å². The van der Waals surface area contributed by atoms with Crippen LogP contribution >= 0.6 is 0 Å². The highest BCUT2D eigenvalue weighted by Crippen LogP contribution is 2.26. The fraction of sp³-hybridized carbons (Fsp3) is 0.200. The Bertz CT molecular complexity index is 629. The van der Waals surface area contributed by atoms with Gasteiger partial charge in [-0.25, -0.2) is 4.39 Å². The lowest BCUT2D eigenvalue weighted by atomic mass is 10.2. The number of hydrogen-bond acceptors (Lipinski definition) is 4. The molecule has 0 amide bonds. The van der Waals surface area contributed by atoms with E-state index >= 15 is 0 Å². The summed E-state index contributed by atoms with van der Waals surface area (Å²) in [5.74, 6) is 0.215. The van der Waals surface area contributed by atoms with E-state index in [2.05, 4.69) is 5.32 Å². The van der Waals surface area contributed by atoms with E-state index in [0.29, 0.717) is 18.0 Å². The number of anilines is 1. The number of halogens is 1. The van der Waals surface area contributed by atoms with E-state index in [0.717, 1.165) is 5.56 Å². The van der Waals surface area contributed by atoms with Gasteiger partial charge in [0.2, 0.25) is 0 Å². The lowest BCUT2D eigenvalue weighted by Gasteiger charge is -2.09. The minimum Gasteiger partial charge on any atom is -0.489 e. The van der Waals surface area contributed by atoms with Crippen molar-refractivity contribution < 1.29 is 14.1 Å². The normalized spacial score (nSPS) is 10.2. The average Bonchev–Trinajstić information content (AvgIpc) is 2.47. The molecule has 21 heavy (non-hydrogen) atoms. The highest BCUT2D eigenvalue weighted by atomic mass is 19.1. The smallest absolute Gasteiger partial charge is 0.292 e. The molecule has 6 heteroatoms. The van der Waals surface area contributed by atoms with Gasteiger partial charge in [-0.2, -0.15) is 0 Å². The first-order valence-corrected chi connectivity index (χ1v) is 6.49. The molecule has 0 aliphatic heterocycles. The maximum atomic E-state index is 12.8. The molecule has 110 valence electrons. The summed E-state index contributed by atoms with van der Waals surface area (Å²) in [4.78, 5) is 10.5. The summed E-state index contributed by atoms with van der Waals surface area (Å²) in [7, 11) is 0. The van der Waals surface area contributed by atoms with E-state index in [1.54, 1.807) is 12.1 Å². The molecule has 0 heterocycles. The molecule has 0 radical (unpaired) electrons. The van der Waals surface area contributed by atoms with E-state index in [9.17, 15) is 14.5 Å². The Morgan fingerprint density at radius 3 is 2.57 bits per heavy atom. The van der Waals surface area contributed by atoms with Crippen LogP contribution in [-0.2, 0) is 6.61 Å². The van der Waals surface area contributed by atoms with Gasteiger partial charge in [0.1, 0.15) is 23.9 Å². The predicted molar refractivity (Wildman–Crippen MR) is 78.0 cm³/mol. The van der Waals surface area contributed by atoms with Crippen molar-refractivity contribution in [2.45, 2.75) is 13.5 Å². The van der Waals surface area contributed by atoms with Crippen LogP contribution in [0.3, 0.4) is 0 Å². The molecular weight excluding hydrogens is 275 g/mol. The molecule has 0 fully saturated rings. The van der Waals surface area contributed by atoms with Crippen LogP contribution in [0.1, 0.15) is 12.5 Å². The zero-order valence-corrected chi connectivity index (χ0v) is 11.5. The molecule has 0 bridgehead atoms. The highest BCUT2D eigenvalue weighted by Gasteiger charge is 2.13. The maximum absolute atomic E-state index is 12.8. The second-order valence-corrected chi connectivity index (χ2v) is 4.38. The van der Waals surface area contributed by atoms with Crippen molar-refractivity contribution in [3.8, 4) is 5.75 Å². The van der Waals surface area contributed by atoms with E-state index in [1.807, 2.05) is 6.92 Å². The summed E-state index contributed by atoms with van der Waals surface area (Å²) in [5.41, 5.74) is 1.28. The summed E-state index contributed by atoms with van der Waals surface area (Å²) >= 11 is 0. The average molecular weight is 290 g/mol. The molecule has 2 rings (SSSR count). The molecule has 2 aromatic rings. The quantitative estimate of drug-likeness (QED) is 0.650. The van der Waals surface area contributed by atoms with Crippen LogP contribution in [0, 0.1) is 15.9 Å². The molecule has 0 saturated heterocycles. The third kappa shape index (κ3) is 3.92. The first-order chi connectivity index (χ1) is 10.1. The Balaban J connectivity index is 2.11. The van der Waals surface area contributed by atoms with Gasteiger partial charge in [-0.3, -0.25) is 10.1 Å². The van der Waals surface area contributed by atoms with Crippen molar-refractivity contribution in [3.63, 3.8) is 0 Å². The largest absolute Gasteiger partial charge is 0.489 e. The van der Waals surface area contributed by atoms with Gasteiger partial charge >= 0.3 is 0 Å². The molecule has 0 aliphatic carbocycles. The van der Waals surface area contributed by atoms with Gasteiger partial charge in [-0.15, -0.1) is 0 Å². The van der Waals surface area contributed by atoms with Crippen LogP contribution in [-0.4, -0.2) is 11.5 Å². The Hall–Kier alpha value is -2.63. The van der Waals surface area contributed by atoms with Crippen molar-refractivity contribution in [2.75, 3.05) is 11.9 Å². The lowest BCUT2D eigenvalue weighted by Crippen LogP contribution is -2.03. The summed E-state index contributed by atoms with van der Waals surface area (Å²) in [5, 5.41) is 13.9. The molecule has 1 N–H and O–H groups in total. The maximum Gasteiger partial charge on any atom is 0.292 e. The third-order valence-electron chi connectivity index (χ3n) is 2.84. The zero-order chi connectivity index (χ0) is 15.2. The Morgan fingerprint density at radius 2 is 1.95 bits per heavy atom. The van der Waals surface area contributed by atoms with E-state index in [1.165, 1.54) is 30.3 Å². The van der Waals surface area contributed by atoms with Gasteiger partial charge in [0.15, 0.2) is 0 Å². The second-order valence-electron chi connectivity index (χ2n) is 4.38. The molecule has 0 aromatic heterocycles. The Morgan fingerprint density at radius 1 is 1.24 bits per heavy atom. The summed E-state index contributed by atoms with van der Waals surface area (Å²) in [6, 6.07) is 10.5. The number of nitro benzene ring substituents is 1. The van der Waals surface area contributed by atoms with Crippen molar-refractivity contribution in [2.24, 2.45) is 0 Å². The zero-order valence-electron chi connectivity index (χ0n) is 11.5. The third-order valence-corrected chi connectivity index (χ3v) is 2.84. The lowest BCUT2D eigenvalue weighted by molar-refractivity contribution is -0.384. The number of ether oxygens (including phenoxy) is 1. The molecule has 0 aliphatic rings. The van der Waals surface area contributed by atoms with Gasteiger partial charge in [-0.05, 0) is 48.9 Å². The number of hydrogen-bond donors (Lipinski definition) is 1. The van der Waals surface area contributed by atoms with Gasteiger partial charge in [-0.1, -0.05) is 0 Å². The molecule has 2 aromatic carbocycles. The second kappa shape index (κ2) is 6.69. The molecule has 5 nitrogen and oxygen atoms in total. The first-order valence-electron chi connectivity index (χ1n) is 6.49. The van der Waals surface area contributed by atoms with Crippen LogP contribution in [0.4, 0.5) is 15.8 Å². The van der Waals surface area contributed by atoms with Gasteiger partial charge < -0.3 is 10.1 Å². The molecule has 0 spiro atoms. The number of nitro groups is 1. The number of benzene rings is 2. The van der Waals surface area contributed by atoms with Crippen molar-refractivity contribution >= 4 is 11.4 Å². The molecule has 0 unspecified atom stereocenters. The van der Waals surface area contributed by atoms with Crippen LogP contribution in [0.25, 0.3) is 0 Å². The van der Waals surface area contributed by atoms with Crippen LogP contribution in [0.5, 0.6) is 5.75 Å². The molecule has 0 saturated carbocycles. The molecule has 0 atom stereocenters. The van der Waals surface area contributed by atoms with Gasteiger partial charge in [0, 0.05) is 12.6 Å². The summed E-state index contributed by atoms with van der Waals surface area (Å²) < 4.78 is 18.3. The van der Waals surface area contributed by atoms with Gasteiger partial charge in [0.25, 0.3) is 5.69 Å². The Labute approximate surface area is 121 Å². The van der Waals surface area contributed by atoms with Crippen molar-refractivity contribution in [1.82, 2.24) is 0 Å². The van der Waals surface area contributed by atoms with E-state index in [-0.39, 0.29) is 18.1 Å². The highest BCUT2D eigenvalue weighted by molar-refractivity contribution is 5.62.